The minimum atomic E-state index is -0.840. The van der Waals surface area contributed by atoms with Gasteiger partial charge in [0.05, 0.1) is 25.3 Å². The number of hydrogen-bond acceptors (Lipinski definition) is 7. The normalized spacial score (nSPS) is 17.1. The average molecular weight is 512 g/mol. The highest BCUT2D eigenvalue weighted by atomic mass is 16.5. The fraction of sp³-hybridized carbons (Fsp3) is 0.464. The van der Waals surface area contributed by atoms with Crippen LogP contribution < -0.4 is 4.74 Å². The lowest BCUT2D eigenvalue weighted by molar-refractivity contribution is -0.140. The van der Waals surface area contributed by atoms with E-state index in [1.165, 1.54) is 12.0 Å². The van der Waals surface area contributed by atoms with Gasteiger partial charge in [0.1, 0.15) is 17.2 Å². The zero-order valence-corrected chi connectivity index (χ0v) is 22.5. The predicted octanol–water partition coefficient (Wildman–Crippen LogP) is 3.97. The molecular weight excluding hydrogens is 474 g/mol. The van der Waals surface area contributed by atoms with E-state index in [1.54, 1.807) is 45.0 Å². The average Bonchev–Trinajstić information content (AvgIpc) is 3.33. The summed E-state index contributed by atoms with van der Waals surface area (Å²) in [5.41, 5.74) is 2.01. The Morgan fingerprint density at radius 2 is 1.81 bits per heavy atom. The molecule has 1 aromatic heterocycles. The highest BCUT2D eigenvalue weighted by Crippen LogP contribution is 2.43. The molecule has 0 saturated carbocycles. The maximum atomic E-state index is 13.4. The van der Waals surface area contributed by atoms with Gasteiger partial charge in [0, 0.05) is 23.4 Å². The first-order valence-corrected chi connectivity index (χ1v) is 12.7. The number of carbonyl (C=O) groups excluding carboxylic acids is 3. The van der Waals surface area contributed by atoms with E-state index in [2.05, 4.69) is 23.7 Å². The first-order valence-electron chi connectivity index (χ1n) is 12.7. The molecule has 1 aromatic carbocycles. The van der Waals surface area contributed by atoms with Gasteiger partial charge in [0.25, 0.3) is 11.7 Å². The number of Topliss-reactive ketones (excluding diaryl/α,β-unsaturated/α-hetero) is 1. The van der Waals surface area contributed by atoms with E-state index in [4.69, 9.17) is 9.47 Å². The number of rotatable bonds is 11. The van der Waals surface area contributed by atoms with E-state index < -0.39 is 23.7 Å². The number of aliphatic hydroxyl groups is 1. The van der Waals surface area contributed by atoms with Crippen molar-refractivity contribution in [2.45, 2.75) is 47.1 Å². The first kappa shape index (κ1) is 28.0. The van der Waals surface area contributed by atoms with E-state index in [-0.39, 0.29) is 23.6 Å². The molecule has 2 heterocycles. The number of nitrogens with one attached hydrogen (secondary N) is 1. The summed E-state index contributed by atoms with van der Waals surface area (Å²) in [5, 5.41) is 11.6. The molecule has 9 nitrogen and oxygen atoms in total. The van der Waals surface area contributed by atoms with Gasteiger partial charge in [-0.25, -0.2) is 4.79 Å². The van der Waals surface area contributed by atoms with Gasteiger partial charge in [0.15, 0.2) is 0 Å². The molecule has 1 saturated heterocycles. The topological polar surface area (TPSA) is 112 Å². The van der Waals surface area contributed by atoms with E-state index in [0.717, 1.165) is 19.6 Å². The second-order valence-corrected chi connectivity index (χ2v) is 8.96. The zero-order chi connectivity index (χ0) is 27.3. The van der Waals surface area contributed by atoms with Crippen LogP contribution in [0.15, 0.2) is 29.8 Å². The fourth-order valence-electron chi connectivity index (χ4n) is 4.98. The third-order valence-corrected chi connectivity index (χ3v) is 6.90. The molecule has 0 bridgehead atoms. The number of carbonyl (C=O) groups is 3. The van der Waals surface area contributed by atoms with Crippen LogP contribution in [0.2, 0.25) is 0 Å². The second-order valence-electron chi connectivity index (χ2n) is 8.96. The Balaban J connectivity index is 2.15. The lowest BCUT2D eigenvalue weighted by Gasteiger charge is -2.27. The number of esters is 1. The molecule has 0 radical (unpaired) electrons. The SMILES string of the molecule is CCOC(=O)c1[nH]c(C)c(C(O)=C2C(=O)C(=O)N(CCCN(CC)CC)C2c2ccccc2OC)c1C. The van der Waals surface area contributed by atoms with Gasteiger partial charge in [-0.1, -0.05) is 32.0 Å². The highest BCUT2D eigenvalue weighted by molar-refractivity contribution is 6.46. The largest absolute Gasteiger partial charge is 0.507 e. The van der Waals surface area contributed by atoms with Gasteiger partial charge in [-0.3, -0.25) is 9.59 Å². The molecule has 1 fully saturated rings. The summed E-state index contributed by atoms with van der Waals surface area (Å²) < 4.78 is 10.7. The monoisotopic (exact) mass is 511 g/mol. The number of para-hydroxylation sites is 1. The molecule has 0 aliphatic carbocycles. The zero-order valence-electron chi connectivity index (χ0n) is 22.5. The molecule has 1 amide bonds. The van der Waals surface area contributed by atoms with Crippen LogP contribution in [0.25, 0.3) is 5.76 Å². The number of methoxy groups -OCH3 is 1. The summed E-state index contributed by atoms with van der Waals surface area (Å²) >= 11 is 0. The summed E-state index contributed by atoms with van der Waals surface area (Å²) in [6.07, 6.45) is 0.662. The molecule has 3 rings (SSSR count). The van der Waals surface area contributed by atoms with Crippen molar-refractivity contribution in [2.24, 2.45) is 0 Å². The Kier molecular flexibility index (Phi) is 9.15. The van der Waals surface area contributed by atoms with Crippen LogP contribution in [0.1, 0.15) is 66.1 Å². The summed E-state index contributed by atoms with van der Waals surface area (Å²) in [6, 6.07) is 6.32. The standard InChI is InChI=1S/C28H37N3O6/c1-7-30(8-2)15-12-16-31-24(19-13-10-11-14-20(19)36-6)22(26(33)27(31)34)25(32)21-17(4)23(29-18(21)5)28(35)37-9-3/h10-11,13-14,24,29,32H,7-9,12,15-16H2,1-6H3. The van der Waals surface area contributed by atoms with E-state index >= 15 is 0 Å². The van der Waals surface area contributed by atoms with E-state index in [9.17, 15) is 19.5 Å². The summed E-state index contributed by atoms with van der Waals surface area (Å²) in [5.74, 6) is -1.83. The molecule has 1 aliphatic rings. The Morgan fingerprint density at radius 1 is 1.14 bits per heavy atom. The number of H-pyrrole nitrogens is 1. The number of hydrogen-bond donors (Lipinski definition) is 2. The summed E-state index contributed by atoms with van der Waals surface area (Å²) in [4.78, 5) is 45.9. The van der Waals surface area contributed by atoms with Crippen molar-refractivity contribution < 1.29 is 29.0 Å². The van der Waals surface area contributed by atoms with E-state index in [0.29, 0.717) is 41.1 Å². The Morgan fingerprint density at radius 3 is 2.43 bits per heavy atom. The van der Waals surface area contributed by atoms with Gasteiger partial charge in [-0.05, 0) is 58.5 Å². The molecule has 1 aliphatic heterocycles. The first-order chi connectivity index (χ1) is 17.7. The van der Waals surface area contributed by atoms with Gasteiger partial charge < -0.3 is 29.4 Å². The van der Waals surface area contributed by atoms with Gasteiger partial charge in [-0.15, -0.1) is 0 Å². The number of nitrogens with zero attached hydrogens (tertiary/aromatic N) is 2. The second kappa shape index (κ2) is 12.1. The van der Waals surface area contributed by atoms with Gasteiger partial charge in [0.2, 0.25) is 0 Å². The maximum absolute atomic E-state index is 13.4. The highest BCUT2D eigenvalue weighted by Gasteiger charge is 2.47. The number of ether oxygens (including phenoxy) is 2. The van der Waals surface area contributed by atoms with Gasteiger partial charge >= 0.3 is 5.97 Å². The molecule has 1 unspecified atom stereocenters. The number of aliphatic hydroxyl groups excluding tert-OH is 1. The van der Waals surface area contributed by atoms with Crippen molar-refractivity contribution in [1.29, 1.82) is 0 Å². The van der Waals surface area contributed by atoms with Crippen LogP contribution in [0.4, 0.5) is 0 Å². The lowest BCUT2D eigenvalue weighted by Crippen LogP contribution is -2.33. The van der Waals surface area contributed by atoms with Crippen LogP contribution in [0.5, 0.6) is 5.75 Å². The molecule has 2 N–H and O–H groups in total. The Labute approximate surface area is 218 Å². The Hall–Kier alpha value is -3.59. The predicted molar refractivity (Wildman–Crippen MR) is 141 cm³/mol. The maximum Gasteiger partial charge on any atom is 0.355 e. The molecule has 0 spiro atoms. The van der Waals surface area contributed by atoms with Crippen molar-refractivity contribution in [3.05, 3.63) is 57.9 Å². The summed E-state index contributed by atoms with van der Waals surface area (Å²) in [6.45, 7) is 12.3. The number of amides is 1. The van der Waals surface area contributed by atoms with Crippen molar-refractivity contribution in [1.82, 2.24) is 14.8 Å². The van der Waals surface area contributed by atoms with Crippen LogP contribution in [-0.2, 0) is 14.3 Å². The quantitative estimate of drug-likeness (QED) is 0.203. The van der Waals surface area contributed by atoms with Gasteiger partial charge in [-0.2, -0.15) is 0 Å². The molecular formula is C28H37N3O6. The number of aryl methyl sites for hydroxylation is 1. The number of ketones is 1. The van der Waals surface area contributed by atoms with Crippen molar-refractivity contribution in [3.63, 3.8) is 0 Å². The van der Waals surface area contributed by atoms with Crippen molar-refractivity contribution in [2.75, 3.05) is 39.9 Å². The third-order valence-electron chi connectivity index (χ3n) is 6.90. The minimum absolute atomic E-state index is 0.0297. The molecule has 9 heteroatoms. The minimum Gasteiger partial charge on any atom is -0.507 e. The van der Waals surface area contributed by atoms with Crippen molar-refractivity contribution in [3.8, 4) is 5.75 Å². The smallest absolute Gasteiger partial charge is 0.355 e. The van der Waals surface area contributed by atoms with Crippen LogP contribution in [0, 0.1) is 13.8 Å². The van der Waals surface area contributed by atoms with Crippen molar-refractivity contribution >= 4 is 23.4 Å². The number of benzene rings is 1. The van der Waals surface area contributed by atoms with Crippen LogP contribution in [0.3, 0.4) is 0 Å². The van der Waals surface area contributed by atoms with Crippen LogP contribution >= 0.6 is 0 Å². The number of aromatic amines is 1. The summed E-state index contributed by atoms with van der Waals surface area (Å²) in [7, 11) is 1.53. The Bertz CT molecular complexity index is 1190. The molecule has 37 heavy (non-hydrogen) atoms. The van der Waals surface area contributed by atoms with Crippen LogP contribution in [-0.4, -0.2) is 77.4 Å². The third kappa shape index (κ3) is 5.41. The molecule has 1 atom stereocenters. The number of likely N-dealkylation sites (tertiary alicyclic amines) is 1. The molecule has 200 valence electrons. The fourth-order valence-corrected chi connectivity index (χ4v) is 4.98. The van der Waals surface area contributed by atoms with E-state index in [1.807, 2.05) is 0 Å². The molecule has 2 aromatic rings. The number of aromatic nitrogens is 1. The lowest BCUT2D eigenvalue weighted by atomic mass is 9.93.